The van der Waals surface area contributed by atoms with Crippen LogP contribution in [0.5, 0.6) is 0 Å². The van der Waals surface area contributed by atoms with E-state index in [1.807, 2.05) is 10.3 Å². The summed E-state index contributed by atoms with van der Waals surface area (Å²) in [5.41, 5.74) is 2.78. The Morgan fingerprint density at radius 3 is 3.05 bits per heavy atom. The smallest absolute Gasteiger partial charge is 0.301 e. The van der Waals surface area contributed by atoms with Crippen molar-refractivity contribution in [2.24, 2.45) is 5.84 Å². The summed E-state index contributed by atoms with van der Waals surface area (Å²) in [6.45, 7) is 2.42. The van der Waals surface area contributed by atoms with Crippen LogP contribution in [0.3, 0.4) is 0 Å². The van der Waals surface area contributed by atoms with Gasteiger partial charge < -0.3 is 9.32 Å². The number of likely N-dealkylation sites (N-methyl/N-ethyl adjacent to an activating group) is 1. The van der Waals surface area contributed by atoms with Gasteiger partial charge in [-0.3, -0.25) is 19.9 Å². The van der Waals surface area contributed by atoms with E-state index in [2.05, 4.69) is 0 Å². The molecule has 0 aliphatic carbocycles. The number of nitrogens with one attached hydrogen (secondary N) is 1. The standard InChI is InChI=1S/C12H18N4O3/c1-15-4-2-5-16(8-10(15)17)7-9-3-6-19-11(9)12(18)14-13/h3,6H,2,4-5,7-8,13H2,1H3,(H,14,18). The third kappa shape index (κ3) is 3.12. The van der Waals surface area contributed by atoms with Crippen LogP contribution in [-0.2, 0) is 11.3 Å². The lowest BCUT2D eigenvalue weighted by Gasteiger charge is -2.18. The van der Waals surface area contributed by atoms with Crippen LogP contribution in [0.15, 0.2) is 16.7 Å². The minimum atomic E-state index is -0.460. The Balaban J connectivity index is 2.06. The molecular weight excluding hydrogens is 248 g/mol. The van der Waals surface area contributed by atoms with Gasteiger partial charge >= 0.3 is 5.91 Å². The average molecular weight is 266 g/mol. The Morgan fingerprint density at radius 1 is 1.53 bits per heavy atom. The molecule has 2 heterocycles. The first-order valence-electron chi connectivity index (χ1n) is 6.15. The molecule has 7 heteroatoms. The van der Waals surface area contributed by atoms with Crippen molar-refractivity contribution >= 4 is 11.8 Å². The van der Waals surface area contributed by atoms with Gasteiger partial charge in [0.15, 0.2) is 5.76 Å². The number of furan rings is 1. The van der Waals surface area contributed by atoms with Gasteiger partial charge in [-0.2, -0.15) is 0 Å². The molecule has 0 saturated carbocycles. The minimum absolute atomic E-state index is 0.0887. The molecule has 104 valence electrons. The number of hydrogen-bond donors (Lipinski definition) is 2. The zero-order chi connectivity index (χ0) is 13.8. The Morgan fingerprint density at radius 2 is 2.32 bits per heavy atom. The summed E-state index contributed by atoms with van der Waals surface area (Å²) in [6, 6.07) is 1.73. The van der Waals surface area contributed by atoms with Crippen molar-refractivity contribution in [1.29, 1.82) is 0 Å². The number of nitrogen functional groups attached to an aromatic ring is 1. The number of carbonyl (C=O) groups excluding carboxylic acids is 2. The van der Waals surface area contributed by atoms with Gasteiger partial charge in [-0.05, 0) is 12.5 Å². The maximum absolute atomic E-state index is 11.8. The van der Waals surface area contributed by atoms with Crippen molar-refractivity contribution in [2.75, 3.05) is 26.7 Å². The Hall–Kier alpha value is -1.86. The zero-order valence-electron chi connectivity index (χ0n) is 10.9. The minimum Gasteiger partial charge on any atom is -0.459 e. The monoisotopic (exact) mass is 266 g/mol. The summed E-state index contributed by atoms with van der Waals surface area (Å²) in [5, 5.41) is 0. The molecular formula is C12H18N4O3. The summed E-state index contributed by atoms with van der Waals surface area (Å²) in [6.07, 6.45) is 2.37. The van der Waals surface area contributed by atoms with E-state index in [0.29, 0.717) is 13.1 Å². The van der Waals surface area contributed by atoms with E-state index in [1.54, 1.807) is 18.0 Å². The number of nitrogens with two attached hydrogens (primary N) is 1. The maximum atomic E-state index is 11.8. The fraction of sp³-hybridized carbons (Fsp3) is 0.500. The first-order chi connectivity index (χ1) is 9.11. The van der Waals surface area contributed by atoms with Crippen molar-refractivity contribution in [3.8, 4) is 0 Å². The fourth-order valence-electron chi connectivity index (χ4n) is 2.15. The van der Waals surface area contributed by atoms with Gasteiger partial charge in [0, 0.05) is 32.2 Å². The van der Waals surface area contributed by atoms with Crippen LogP contribution < -0.4 is 11.3 Å². The lowest BCUT2D eigenvalue weighted by Crippen LogP contribution is -2.35. The molecule has 0 unspecified atom stereocenters. The zero-order valence-corrected chi connectivity index (χ0v) is 10.9. The van der Waals surface area contributed by atoms with Gasteiger partial charge in [-0.15, -0.1) is 0 Å². The fourth-order valence-corrected chi connectivity index (χ4v) is 2.15. The van der Waals surface area contributed by atoms with Crippen LogP contribution in [0, 0.1) is 0 Å². The van der Waals surface area contributed by atoms with Crippen molar-refractivity contribution < 1.29 is 14.0 Å². The topological polar surface area (TPSA) is 91.8 Å². The summed E-state index contributed by atoms with van der Waals surface area (Å²) in [5.74, 6) is 4.93. The van der Waals surface area contributed by atoms with Crippen LogP contribution >= 0.6 is 0 Å². The summed E-state index contributed by atoms with van der Waals surface area (Å²) in [7, 11) is 1.80. The highest BCUT2D eigenvalue weighted by molar-refractivity contribution is 5.92. The molecule has 0 bridgehead atoms. The predicted octanol–water partition coefficient (Wildman–Crippen LogP) is -0.453. The van der Waals surface area contributed by atoms with Crippen molar-refractivity contribution in [1.82, 2.24) is 15.2 Å². The molecule has 0 radical (unpaired) electrons. The van der Waals surface area contributed by atoms with Gasteiger partial charge in [0.25, 0.3) is 0 Å². The maximum Gasteiger partial charge on any atom is 0.301 e. The van der Waals surface area contributed by atoms with Gasteiger partial charge in [0.2, 0.25) is 5.91 Å². The molecule has 2 rings (SSSR count). The Bertz CT molecular complexity index is 471. The number of amides is 2. The molecule has 2 amide bonds. The number of hydrogen-bond acceptors (Lipinski definition) is 5. The highest BCUT2D eigenvalue weighted by Crippen LogP contribution is 2.14. The summed E-state index contributed by atoms with van der Waals surface area (Å²) >= 11 is 0. The molecule has 0 atom stereocenters. The molecule has 1 aromatic heterocycles. The van der Waals surface area contributed by atoms with Crippen LogP contribution in [0.4, 0.5) is 0 Å². The van der Waals surface area contributed by atoms with E-state index in [0.717, 1.165) is 25.1 Å². The number of nitrogens with zero attached hydrogens (tertiary/aromatic N) is 2. The van der Waals surface area contributed by atoms with E-state index in [9.17, 15) is 9.59 Å². The van der Waals surface area contributed by atoms with Crippen molar-refractivity contribution in [3.05, 3.63) is 23.7 Å². The van der Waals surface area contributed by atoms with E-state index in [1.165, 1.54) is 6.26 Å². The van der Waals surface area contributed by atoms with E-state index < -0.39 is 5.91 Å². The lowest BCUT2D eigenvalue weighted by atomic mass is 10.2. The SMILES string of the molecule is CN1CCCN(Cc2ccoc2C(=O)NN)CC1=O. The van der Waals surface area contributed by atoms with E-state index in [-0.39, 0.29) is 11.7 Å². The number of hydrazine groups is 1. The van der Waals surface area contributed by atoms with Crippen LogP contribution in [0.1, 0.15) is 22.5 Å². The first-order valence-corrected chi connectivity index (χ1v) is 6.15. The largest absolute Gasteiger partial charge is 0.459 e. The van der Waals surface area contributed by atoms with Gasteiger partial charge in [-0.1, -0.05) is 0 Å². The molecule has 1 aliphatic heterocycles. The Kier molecular flexibility index (Phi) is 4.18. The highest BCUT2D eigenvalue weighted by Gasteiger charge is 2.22. The number of rotatable bonds is 3. The first kappa shape index (κ1) is 13.6. The predicted molar refractivity (Wildman–Crippen MR) is 67.9 cm³/mol. The average Bonchev–Trinajstić information content (AvgIpc) is 2.79. The van der Waals surface area contributed by atoms with Crippen LogP contribution in [-0.4, -0.2) is 48.3 Å². The molecule has 0 aromatic carbocycles. The highest BCUT2D eigenvalue weighted by atomic mass is 16.3. The van der Waals surface area contributed by atoms with Gasteiger partial charge in [0.1, 0.15) is 0 Å². The molecule has 1 fully saturated rings. The second kappa shape index (κ2) is 5.85. The second-order valence-electron chi connectivity index (χ2n) is 4.63. The third-order valence-corrected chi connectivity index (χ3v) is 3.23. The quantitative estimate of drug-likeness (QED) is 0.439. The molecule has 0 spiro atoms. The molecule has 3 N–H and O–H groups in total. The van der Waals surface area contributed by atoms with Gasteiger partial charge in [-0.25, -0.2) is 5.84 Å². The summed E-state index contributed by atoms with van der Waals surface area (Å²) in [4.78, 5) is 27.0. The van der Waals surface area contributed by atoms with E-state index >= 15 is 0 Å². The third-order valence-electron chi connectivity index (χ3n) is 3.23. The molecule has 19 heavy (non-hydrogen) atoms. The number of carbonyl (C=O) groups is 2. The van der Waals surface area contributed by atoms with E-state index in [4.69, 9.17) is 10.3 Å². The van der Waals surface area contributed by atoms with Crippen molar-refractivity contribution in [2.45, 2.75) is 13.0 Å². The van der Waals surface area contributed by atoms with Crippen molar-refractivity contribution in [3.63, 3.8) is 0 Å². The molecule has 7 nitrogen and oxygen atoms in total. The van der Waals surface area contributed by atoms with Crippen LogP contribution in [0.25, 0.3) is 0 Å². The molecule has 1 saturated heterocycles. The van der Waals surface area contributed by atoms with Gasteiger partial charge in [0.05, 0.1) is 12.8 Å². The Labute approximate surface area is 111 Å². The molecule has 1 aromatic rings. The lowest BCUT2D eigenvalue weighted by molar-refractivity contribution is -0.130. The van der Waals surface area contributed by atoms with Crippen LogP contribution in [0.2, 0.25) is 0 Å². The summed E-state index contributed by atoms with van der Waals surface area (Å²) < 4.78 is 5.12. The normalized spacial score (nSPS) is 17.4. The second-order valence-corrected chi connectivity index (χ2v) is 4.63. The molecule has 1 aliphatic rings.